The first-order valence-electron chi connectivity index (χ1n) is 6.43. The van der Waals surface area contributed by atoms with Crippen molar-refractivity contribution in [3.8, 4) is 22.9 Å². The highest BCUT2D eigenvalue weighted by Crippen LogP contribution is 2.31. The third-order valence-corrected chi connectivity index (χ3v) is 3.17. The largest absolute Gasteiger partial charge is 0.490 e. The number of carbonyl (C=O) groups excluding carboxylic acids is 1. The highest BCUT2D eigenvalue weighted by molar-refractivity contribution is 5.82. The van der Waals surface area contributed by atoms with Crippen LogP contribution in [0.3, 0.4) is 0 Å². The predicted molar refractivity (Wildman–Crippen MR) is 77.7 cm³/mol. The minimum atomic E-state index is -0.563. The van der Waals surface area contributed by atoms with Gasteiger partial charge in [-0.05, 0) is 24.3 Å². The fourth-order valence-corrected chi connectivity index (χ4v) is 2.15. The van der Waals surface area contributed by atoms with E-state index in [1.165, 1.54) is 30.2 Å². The van der Waals surface area contributed by atoms with E-state index in [2.05, 4.69) is 10.3 Å². The van der Waals surface area contributed by atoms with Gasteiger partial charge in [0.2, 0.25) is 0 Å². The summed E-state index contributed by atoms with van der Waals surface area (Å²) in [5.41, 5.74) is 0.505. The molecule has 0 N–H and O–H groups in total. The van der Waals surface area contributed by atoms with Gasteiger partial charge in [-0.25, -0.2) is 4.68 Å². The van der Waals surface area contributed by atoms with Gasteiger partial charge in [0.1, 0.15) is 5.69 Å². The number of ether oxygens (including phenoxy) is 1. The normalized spacial score (nSPS) is 10.5. The van der Waals surface area contributed by atoms with Crippen molar-refractivity contribution in [2.45, 2.75) is 0 Å². The average Bonchev–Trinajstić information content (AvgIpc) is 3.22. The van der Waals surface area contributed by atoms with Crippen molar-refractivity contribution in [3.05, 3.63) is 52.4 Å². The number of aldehydes is 1. The van der Waals surface area contributed by atoms with Crippen LogP contribution in [-0.4, -0.2) is 33.3 Å². The molecule has 2 heterocycles. The van der Waals surface area contributed by atoms with Crippen LogP contribution in [-0.2, 0) is 0 Å². The van der Waals surface area contributed by atoms with Crippen molar-refractivity contribution in [3.63, 3.8) is 0 Å². The number of methoxy groups -OCH3 is 1. The predicted octanol–water partition coefficient (Wildman–Crippen LogP) is 2.26. The van der Waals surface area contributed by atoms with Crippen LogP contribution in [0.4, 0.5) is 5.69 Å². The fourth-order valence-electron chi connectivity index (χ4n) is 2.15. The van der Waals surface area contributed by atoms with E-state index in [1.54, 1.807) is 18.2 Å². The summed E-state index contributed by atoms with van der Waals surface area (Å²) in [6.45, 7) is 0. The second kappa shape index (κ2) is 5.72. The summed E-state index contributed by atoms with van der Waals surface area (Å²) in [4.78, 5) is 21.7. The van der Waals surface area contributed by atoms with E-state index in [0.717, 1.165) is 0 Å². The summed E-state index contributed by atoms with van der Waals surface area (Å²) in [5.74, 6) is 0.490. The molecule has 2 aromatic heterocycles. The van der Waals surface area contributed by atoms with Crippen LogP contribution in [0.2, 0.25) is 0 Å². The zero-order chi connectivity index (χ0) is 16.4. The molecule has 0 aliphatic heterocycles. The second-order valence-electron chi connectivity index (χ2n) is 4.44. The van der Waals surface area contributed by atoms with Gasteiger partial charge in [0, 0.05) is 6.07 Å². The fraction of sp³-hybridized carbons (Fsp3) is 0.0714. The van der Waals surface area contributed by atoms with Gasteiger partial charge in [-0.15, -0.1) is 5.10 Å². The molecule has 1 aromatic carbocycles. The minimum Gasteiger partial charge on any atom is -0.490 e. The van der Waals surface area contributed by atoms with Crippen molar-refractivity contribution in [1.82, 2.24) is 15.0 Å². The van der Waals surface area contributed by atoms with Crippen LogP contribution < -0.4 is 4.74 Å². The Bertz CT molecular complexity index is 869. The Labute approximate surface area is 129 Å². The van der Waals surface area contributed by atoms with Gasteiger partial charge < -0.3 is 9.15 Å². The molecule has 0 aliphatic rings. The van der Waals surface area contributed by atoms with Crippen molar-refractivity contribution in [2.75, 3.05) is 7.11 Å². The Morgan fingerprint density at radius 1 is 1.39 bits per heavy atom. The van der Waals surface area contributed by atoms with Gasteiger partial charge >= 0.3 is 5.69 Å². The van der Waals surface area contributed by atoms with Gasteiger partial charge in [-0.2, -0.15) is 0 Å². The minimum absolute atomic E-state index is 0.0680. The Hall–Kier alpha value is -3.49. The third kappa shape index (κ3) is 2.44. The topological polar surface area (TPSA) is 113 Å². The first kappa shape index (κ1) is 14.4. The zero-order valence-corrected chi connectivity index (χ0v) is 11.9. The SMILES string of the molecule is COc1ccc(-n2nnc(C=O)c2-c2ccco2)cc1[N+](=O)[O-]. The number of benzene rings is 1. The summed E-state index contributed by atoms with van der Waals surface area (Å²) >= 11 is 0. The van der Waals surface area contributed by atoms with Crippen LogP contribution in [0.15, 0.2) is 41.0 Å². The number of hydrogen-bond acceptors (Lipinski definition) is 7. The first-order chi connectivity index (χ1) is 11.2. The molecule has 0 saturated carbocycles. The summed E-state index contributed by atoms with van der Waals surface area (Å²) < 4.78 is 11.6. The molecule has 3 rings (SSSR count). The highest BCUT2D eigenvalue weighted by Gasteiger charge is 2.21. The number of rotatable bonds is 5. The number of carbonyl (C=O) groups is 1. The van der Waals surface area contributed by atoms with Crippen LogP contribution >= 0.6 is 0 Å². The van der Waals surface area contributed by atoms with Crippen LogP contribution in [0.5, 0.6) is 5.75 Å². The lowest BCUT2D eigenvalue weighted by atomic mass is 10.2. The standard InChI is InChI=1S/C14H10N4O5/c1-22-12-5-4-9(7-11(12)18(20)21)17-14(10(8-19)15-16-17)13-3-2-6-23-13/h2-8H,1H3. The van der Waals surface area contributed by atoms with Gasteiger partial charge in [0.15, 0.2) is 23.5 Å². The molecule has 9 heteroatoms. The van der Waals surface area contributed by atoms with Gasteiger partial charge in [0.25, 0.3) is 0 Å². The van der Waals surface area contributed by atoms with Crippen molar-refractivity contribution < 1.29 is 18.9 Å². The van der Waals surface area contributed by atoms with Gasteiger partial charge in [0.05, 0.1) is 24.0 Å². The number of nitro benzene ring substituents is 1. The van der Waals surface area contributed by atoms with Crippen LogP contribution in [0.1, 0.15) is 10.5 Å². The molecular formula is C14H10N4O5. The molecule has 0 radical (unpaired) electrons. The van der Waals surface area contributed by atoms with Gasteiger partial charge in [-0.1, -0.05) is 5.21 Å². The van der Waals surface area contributed by atoms with Crippen LogP contribution in [0.25, 0.3) is 17.1 Å². The number of nitro groups is 1. The lowest BCUT2D eigenvalue weighted by Crippen LogP contribution is -2.02. The van der Waals surface area contributed by atoms with E-state index in [9.17, 15) is 14.9 Å². The molecule has 0 spiro atoms. The van der Waals surface area contributed by atoms with E-state index in [1.807, 2.05) is 0 Å². The smallest absolute Gasteiger partial charge is 0.313 e. The van der Waals surface area contributed by atoms with Gasteiger partial charge in [-0.3, -0.25) is 14.9 Å². The second-order valence-corrected chi connectivity index (χ2v) is 4.44. The molecule has 0 bridgehead atoms. The molecule has 116 valence electrons. The van der Waals surface area contributed by atoms with Crippen LogP contribution in [0, 0.1) is 10.1 Å². The van der Waals surface area contributed by atoms with E-state index in [0.29, 0.717) is 23.4 Å². The highest BCUT2D eigenvalue weighted by atomic mass is 16.6. The molecule has 0 aliphatic carbocycles. The number of hydrogen-bond donors (Lipinski definition) is 0. The van der Waals surface area contributed by atoms with E-state index in [4.69, 9.17) is 9.15 Å². The number of nitrogens with zero attached hydrogens (tertiary/aromatic N) is 4. The zero-order valence-electron chi connectivity index (χ0n) is 11.9. The molecule has 0 atom stereocenters. The number of aromatic nitrogens is 3. The molecule has 23 heavy (non-hydrogen) atoms. The third-order valence-electron chi connectivity index (χ3n) is 3.17. The molecular weight excluding hydrogens is 304 g/mol. The first-order valence-corrected chi connectivity index (χ1v) is 6.43. The maximum Gasteiger partial charge on any atom is 0.313 e. The Morgan fingerprint density at radius 3 is 2.83 bits per heavy atom. The maximum absolute atomic E-state index is 11.2. The lowest BCUT2D eigenvalue weighted by molar-refractivity contribution is -0.385. The van der Waals surface area contributed by atoms with Crippen molar-refractivity contribution in [1.29, 1.82) is 0 Å². The maximum atomic E-state index is 11.2. The average molecular weight is 314 g/mol. The Balaban J connectivity index is 2.20. The number of furan rings is 1. The van der Waals surface area contributed by atoms with Crippen molar-refractivity contribution in [2.24, 2.45) is 0 Å². The molecule has 3 aromatic rings. The Kier molecular flexibility index (Phi) is 3.59. The van der Waals surface area contributed by atoms with E-state index in [-0.39, 0.29) is 17.1 Å². The molecule has 0 unspecified atom stereocenters. The summed E-state index contributed by atoms with van der Waals surface area (Å²) in [6.07, 6.45) is 1.98. The van der Waals surface area contributed by atoms with E-state index < -0.39 is 4.92 Å². The quantitative estimate of drug-likeness (QED) is 0.403. The van der Waals surface area contributed by atoms with Crippen molar-refractivity contribution >= 4 is 12.0 Å². The molecule has 9 nitrogen and oxygen atoms in total. The monoisotopic (exact) mass is 314 g/mol. The van der Waals surface area contributed by atoms with E-state index >= 15 is 0 Å². The lowest BCUT2D eigenvalue weighted by Gasteiger charge is -2.07. The molecule has 0 saturated heterocycles. The summed E-state index contributed by atoms with van der Waals surface area (Å²) in [6, 6.07) is 7.59. The Morgan fingerprint density at radius 2 is 2.22 bits per heavy atom. The summed E-state index contributed by atoms with van der Waals surface area (Å²) in [5, 5.41) is 18.8. The molecule has 0 amide bonds. The summed E-state index contributed by atoms with van der Waals surface area (Å²) in [7, 11) is 1.34. The molecule has 0 fully saturated rings.